The van der Waals surface area contributed by atoms with E-state index in [2.05, 4.69) is 0 Å². The van der Waals surface area contributed by atoms with Gasteiger partial charge in [-0.1, -0.05) is 30.3 Å². The molecule has 0 aromatic heterocycles. The number of hydrogen-bond donors (Lipinski definition) is 1. The van der Waals surface area contributed by atoms with Gasteiger partial charge >= 0.3 is 5.97 Å². The van der Waals surface area contributed by atoms with Gasteiger partial charge in [-0.05, 0) is 23.3 Å². The summed E-state index contributed by atoms with van der Waals surface area (Å²) in [6, 6.07) is 13.9. The lowest BCUT2D eigenvalue weighted by molar-refractivity contribution is -0.384. The van der Waals surface area contributed by atoms with Crippen molar-refractivity contribution in [2.45, 2.75) is 11.7 Å². The summed E-state index contributed by atoms with van der Waals surface area (Å²) in [5.74, 6) is -0.689. The van der Waals surface area contributed by atoms with E-state index in [1.165, 1.54) is 24.3 Å². The maximum absolute atomic E-state index is 12.5. The third-order valence-corrected chi connectivity index (χ3v) is 3.96. The average molecular weight is 329 g/mol. The Morgan fingerprint density at radius 3 is 2.33 bits per heavy atom. The van der Waals surface area contributed by atoms with Crippen molar-refractivity contribution in [3.05, 3.63) is 75.8 Å². The molecule has 7 heteroatoms. The number of nitro groups is 1. The number of aliphatic hydroxyl groups is 1. The molecule has 1 N–H and O–H groups in total. The molecule has 1 aliphatic heterocycles. The summed E-state index contributed by atoms with van der Waals surface area (Å²) in [5.41, 5.74) is -1.02. The van der Waals surface area contributed by atoms with Crippen LogP contribution in [0.5, 0.6) is 0 Å². The maximum atomic E-state index is 12.5. The predicted octanol–water partition coefficient (Wildman–Crippen LogP) is 2.10. The molecule has 2 aromatic rings. The lowest BCUT2D eigenvalue weighted by atomic mass is 9.83. The van der Waals surface area contributed by atoms with Crippen molar-refractivity contribution in [3.8, 4) is 0 Å². The zero-order valence-electron chi connectivity index (χ0n) is 12.6. The number of hydrogen-bond acceptors (Lipinski definition) is 6. The molecular weight excluding hydrogens is 314 g/mol. The van der Waals surface area contributed by atoms with Crippen molar-refractivity contribution in [3.63, 3.8) is 0 Å². The second-order valence-electron chi connectivity index (χ2n) is 5.34. The Labute approximate surface area is 137 Å². The summed E-state index contributed by atoms with van der Waals surface area (Å²) in [7, 11) is 0. The molecule has 24 heavy (non-hydrogen) atoms. The van der Waals surface area contributed by atoms with Crippen LogP contribution in [-0.4, -0.2) is 29.2 Å². The second kappa shape index (κ2) is 6.38. The maximum Gasteiger partial charge on any atom is 0.346 e. The molecule has 124 valence electrons. The standard InChI is InChI=1S/C17H15NO6/c19-15(12-6-8-14(9-7-12)18(21)22)17(13-4-2-1-3-5-13)16(20)23-10-11-24-17/h1-9,15,19H,10-11H2/t15-,17+/m0/s1. The highest BCUT2D eigenvalue weighted by Gasteiger charge is 2.52. The number of carbonyl (C=O) groups excluding carboxylic acids is 1. The zero-order valence-corrected chi connectivity index (χ0v) is 12.6. The van der Waals surface area contributed by atoms with Crippen LogP contribution in [0.3, 0.4) is 0 Å². The SMILES string of the molecule is O=C1OCCO[C@]1(c1ccccc1)[C@@H](O)c1ccc([N+](=O)[O-])cc1. The van der Waals surface area contributed by atoms with Gasteiger partial charge in [0, 0.05) is 12.1 Å². The highest BCUT2D eigenvalue weighted by atomic mass is 16.6. The molecule has 1 saturated heterocycles. The number of cyclic esters (lactones) is 1. The Morgan fingerprint density at radius 1 is 1.08 bits per heavy atom. The molecule has 0 unspecified atom stereocenters. The third kappa shape index (κ3) is 2.64. The lowest BCUT2D eigenvalue weighted by Gasteiger charge is -2.39. The van der Waals surface area contributed by atoms with E-state index >= 15 is 0 Å². The minimum absolute atomic E-state index is 0.105. The van der Waals surface area contributed by atoms with Crippen LogP contribution in [0, 0.1) is 10.1 Å². The van der Waals surface area contributed by atoms with Gasteiger partial charge in [0.25, 0.3) is 5.69 Å². The lowest BCUT2D eigenvalue weighted by Crippen LogP contribution is -2.49. The predicted molar refractivity (Wildman–Crippen MR) is 83.1 cm³/mol. The molecule has 7 nitrogen and oxygen atoms in total. The van der Waals surface area contributed by atoms with Gasteiger partial charge in [0.15, 0.2) is 0 Å². The normalized spacial score (nSPS) is 21.8. The average Bonchev–Trinajstić information content (AvgIpc) is 2.62. The Bertz CT molecular complexity index is 745. The summed E-state index contributed by atoms with van der Waals surface area (Å²) in [6.45, 7) is 0.255. The van der Waals surface area contributed by atoms with E-state index in [4.69, 9.17) is 9.47 Å². The summed E-state index contributed by atoms with van der Waals surface area (Å²) in [4.78, 5) is 22.7. The van der Waals surface area contributed by atoms with Crippen LogP contribution in [0.2, 0.25) is 0 Å². The number of carbonyl (C=O) groups is 1. The number of aliphatic hydroxyl groups excluding tert-OH is 1. The first-order valence-electron chi connectivity index (χ1n) is 7.35. The number of esters is 1. The molecule has 0 bridgehead atoms. The summed E-state index contributed by atoms with van der Waals surface area (Å²) >= 11 is 0. The van der Waals surface area contributed by atoms with Crippen molar-refractivity contribution >= 4 is 11.7 Å². The fraction of sp³-hybridized carbons (Fsp3) is 0.235. The zero-order chi connectivity index (χ0) is 17.2. The van der Waals surface area contributed by atoms with E-state index < -0.39 is 22.6 Å². The quantitative estimate of drug-likeness (QED) is 0.524. The molecule has 0 aliphatic carbocycles. The Balaban J connectivity index is 2.05. The molecule has 0 amide bonds. The summed E-state index contributed by atoms with van der Waals surface area (Å²) in [5, 5.41) is 21.6. The Hall–Kier alpha value is -2.77. The molecule has 0 spiro atoms. The largest absolute Gasteiger partial charge is 0.461 e. The van der Waals surface area contributed by atoms with Gasteiger partial charge < -0.3 is 14.6 Å². The summed E-state index contributed by atoms with van der Waals surface area (Å²) in [6.07, 6.45) is -1.37. The first-order valence-corrected chi connectivity index (χ1v) is 7.35. The fourth-order valence-electron chi connectivity index (χ4n) is 2.75. The van der Waals surface area contributed by atoms with Crippen molar-refractivity contribution in [1.82, 2.24) is 0 Å². The monoisotopic (exact) mass is 329 g/mol. The molecule has 3 rings (SSSR count). The van der Waals surface area contributed by atoms with Gasteiger partial charge in [0.05, 0.1) is 11.5 Å². The van der Waals surface area contributed by atoms with E-state index in [0.29, 0.717) is 11.1 Å². The van der Waals surface area contributed by atoms with Crippen molar-refractivity contribution in [2.24, 2.45) is 0 Å². The van der Waals surface area contributed by atoms with Crippen LogP contribution in [0.25, 0.3) is 0 Å². The van der Waals surface area contributed by atoms with E-state index in [-0.39, 0.29) is 18.9 Å². The highest BCUT2D eigenvalue weighted by Crippen LogP contribution is 2.41. The Morgan fingerprint density at radius 2 is 1.75 bits per heavy atom. The molecule has 0 saturated carbocycles. The smallest absolute Gasteiger partial charge is 0.346 e. The first kappa shape index (κ1) is 16.1. The molecular formula is C17H15NO6. The molecule has 1 fully saturated rings. The van der Waals surface area contributed by atoms with Crippen LogP contribution in [0.15, 0.2) is 54.6 Å². The van der Waals surface area contributed by atoms with Crippen LogP contribution < -0.4 is 0 Å². The molecule has 1 aliphatic rings. The van der Waals surface area contributed by atoms with Gasteiger partial charge in [-0.25, -0.2) is 4.79 Å². The highest BCUT2D eigenvalue weighted by molar-refractivity contribution is 5.83. The van der Waals surface area contributed by atoms with E-state index in [1.807, 2.05) is 0 Å². The van der Waals surface area contributed by atoms with Gasteiger partial charge in [-0.2, -0.15) is 0 Å². The molecule has 0 radical (unpaired) electrons. The number of benzene rings is 2. The number of nitro benzene ring substituents is 1. The van der Waals surface area contributed by atoms with Crippen LogP contribution >= 0.6 is 0 Å². The number of nitrogens with zero attached hydrogens (tertiary/aromatic N) is 1. The van der Waals surface area contributed by atoms with E-state index in [9.17, 15) is 20.0 Å². The van der Waals surface area contributed by atoms with Gasteiger partial charge in [0.1, 0.15) is 12.7 Å². The van der Waals surface area contributed by atoms with Crippen molar-refractivity contribution < 1.29 is 24.3 Å². The second-order valence-corrected chi connectivity index (χ2v) is 5.34. The first-order chi connectivity index (χ1) is 11.6. The minimum atomic E-state index is -1.70. The fourth-order valence-corrected chi connectivity index (χ4v) is 2.75. The summed E-state index contributed by atoms with van der Waals surface area (Å²) < 4.78 is 10.8. The van der Waals surface area contributed by atoms with Gasteiger partial charge in [-0.15, -0.1) is 0 Å². The molecule has 2 atom stereocenters. The van der Waals surface area contributed by atoms with Gasteiger partial charge in [-0.3, -0.25) is 10.1 Å². The number of rotatable bonds is 4. The van der Waals surface area contributed by atoms with Crippen molar-refractivity contribution in [2.75, 3.05) is 13.2 Å². The molecule has 2 aromatic carbocycles. The van der Waals surface area contributed by atoms with Crippen LogP contribution in [-0.2, 0) is 19.9 Å². The molecule has 1 heterocycles. The number of ether oxygens (including phenoxy) is 2. The third-order valence-electron chi connectivity index (χ3n) is 3.96. The number of non-ortho nitro benzene ring substituents is 1. The van der Waals surface area contributed by atoms with Gasteiger partial charge in [0.2, 0.25) is 5.60 Å². The van der Waals surface area contributed by atoms with E-state index in [1.54, 1.807) is 30.3 Å². The topological polar surface area (TPSA) is 98.9 Å². The van der Waals surface area contributed by atoms with Crippen LogP contribution in [0.4, 0.5) is 5.69 Å². The Kier molecular flexibility index (Phi) is 4.28. The van der Waals surface area contributed by atoms with Crippen molar-refractivity contribution in [1.29, 1.82) is 0 Å². The van der Waals surface area contributed by atoms with Crippen LogP contribution in [0.1, 0.15) is 17.2 Å². The minimum Gasteiger partial charge on any atom is -0.461 e. The van der Waals surface area contributed by atoms with E-state index in [0.717, 1.165) is 0 Å².